The summed E-state index contributed by atoms with van der Waals surface area (Å²) < 4.78 is 5.58. The Hall–Kier alpha value is -1.64. The molecule has 0 aromatic heterocycles. The first-order chi connectivity index (χ1) is 9.84. The van der Waals surface area contributed by atoms with E-state index >= 15 is 0 Å². The van der Waals surface area contributed by atoms with Gasteiger partial charge in [-0.15, -0.1) is 0 Å². The van der Waals surface area contributed by atoms with Crippen molar-refractivity contribution < 1.29 is 9.84 Å². The van der Waals surface area contributed by atoms with Gasteiger partial charge in [0.25, 0.3) is 0 Å². The lowest BCUT2D eigenvalue weighted by Crippen LogP contribution is -2.11. The minimum atomic E-state index is -0.286. The zero-order chi connectivity index (χ0) is 14.0. The van der Waals surface area contributed by atoms with Crippen LogP contribution in [0.1, 0.15) is 24.0 Å². The van der Waals surface area contributed by atoms with Gasteiger partial charge in [-0.25, -0.2) is 0 Å². The van der Waals surface area contributed by atoms with E-state index in [0.29, 0.717) is 19.6 Å². The van der Waals surface area contributed by atoms with Gasteiger partial charge in [-0.2, -0.15) is 0 Å². The van der Waals surface area contributed by atoms with Crippen LogP contribution >= 0.6 is 0 Å². The quantitative estimate of drug-likeness (QED) is 0.743. The molecule has 1 atom stereocenters. The zero-order valence-corrected chi connectivity index (χ0v) is 11.7. The Morgan fingerprint density at radius 1 is 0.800 bits per heavy atom. The maximum Gasteiger partial charge on any atom is 0.0716 e. The van der Waals surface area contributed by atoms with Crippen molar-refractivity contribution >= 4 is 0 Å². The molecule has 0 spiro atoms. The summed E-state index contributed by atoms with van der Waals surface area (Å²) in [6.07, 6.45) is 2.12. The third-order valence-electron chi connectivity index (χ3n) is 3.32. The molecule has 0 amide bonds. The topological polar surface area (TPSA) is 29.5 Å². The van der Waals surface area contributed by atoms with Crippen molar-refractivity contribution in [3.63, 3.8) is 0 Å². The molecule has 106 valence electrons. The predicted octanol–water partition coefficient (Wildman–Crippen LogP) is 3.59. The fraction of sp³-hybridized carbons (Fsp3) is 0.333. The first kappa shape index (κ1) is 14.8. The summed E-state index contributed by atoms with van der Waals surface area (Å²) in [6.45, 7) is 1.22. The average molecular weight is 270 g/mol. The molecule has 0 aliphatic carbocycles. The van der Waals surface area contributed by atoms with E-state index in [9.17, 15) is 5.11 Å². The standard InChI is InChI=1S/C18H22O2/c19-18(12-11-16-7-3-1-4-8-16)13-14-20-15-17-9-5-2-6-10-17/h1-10,18-19H,11-15H2. The highest BCUT2D eigenvalue weighted by Crippen LogP contribution is 2.08. The summed E-state index contributed by atoms with van der Waals surface area (Å²) in [4.78, 5) is 0. The molecule has 2 aromatic rings. The Balaban J connectivity index is 1.57. The number of aliphatic hydroxyl groups excluding tert-OH is 1. The second-order valence-corrected chi connectivity index (χ2v) is 5.00. The number of benzene rings is 2. The fourth-order valence-corrected chi connectivity index (χ4v) is 2.11. The minimum absolute atomic E-state index is 0.286. The molecule has 2 heteroatoms. The molecule has 0 saturated heterocycles. The fourth-order valence-electron chi connectivity index (χ4n) is 2.11. The van der Waals surface area contributed by atoms with Crippen molar-refractivity contribution in [1.82, 2.24) is 0 Å². The van der Waals surface area contributed by atoms with Crippen LogP contribution in [0.2, 0.25) is 0 Å². The molecule has 0 aliphatic rings. The molecule has 2 aromatic carbocycles. The number of hydrogen-bond acceptors (Lipinski definition) is 2. The molecule has 2 nitrogen and oxygen atoms in total. The molecular weight excluding hydrogens is 248 g/mol. The van der Waals surface area contributed by atoms with E-state index in [-0.39, 0.29) is 6.10 Å². The monoisotopic (exact) mass is 270 g/mol. The first-order valence-corrected chi connectivity index (χ1v) is 7.18. The van der Waals surface area contributed by atoms with E-state index in [1.54, 1.807) is 0 Å². The van der Waals surface area contributed by atoms with Gasteiger partial charge in [0.05, 0.1) is 12.7 Å². The number of rotatable bonds is 8. The SMILES string of the molecule is OC(CCOCc1ccccc1)CCc1ccccc1. The molecule has 0 heterocycles. The van der Waals surface area contributed by atoms with Gasteiger partial charge in [-0.1, -0.05) is 60.7 Å². The van der Waals surface area contributed by atoms with Gasteiger partial charge >= 0.3 is 0 Å². The highest BCUT2D eigenvalue weighted by molar-refractivity contribution is 5.15. The highest BCUT2D eigenvalue weighted by atomic mass is 16.5. The van der Waals surface area contributed by atoms with Crippen molar-refractivity contribution in [2.45, 2.75) is 32.0 Å². The zero-order valence-electron chi connectivity index (χ0n) is 11.7. The Kier molecular flexibility index (Phi) is 6.28. The largest absolute Gasteiger partial charge is 0.393 e. The number of aliphatic hydroxyl groups is 1. The second kappa shape index (κ2) is 8.51. The van der Waals surface area contributed by atoms with Crippen LogP contribution < -0.4 is 0 Å². The van der Waals surface area contributed by atoms with Crippen molar-refractivity contribution in [2.75, 3.05) is 6.61 Å². The molecule has 0 radical (unpaired) electrons. The van der Waals surface area contributed by atoms with Gasteiger partial charge in [0.2, 0.25) is 0 Å². The lowest BCUT2D eigenvalue weighted by Gasteiger charge is -2.11. The van der Waals surface area contributed by atoms with Gasteiger partial charge in [-0.05, 0) is 30.4 Å². The normalized spacial score (nSPS) is 12.2. The molecule has 0 saturated carbocycles. The Labute approximate surface area is 121 Å². The average Bonchev–Trinajstić information content (AvgIpc) is 2.52. The Morgan fingerprint density at radius 2 is 1.40 bits per heavy atom. The van der Waals surface area contributed by atoms with Gasteiger partial charge in [0.15, 0.2) is 0 Å². The summed E-state index contributed by atoms with van der Waals surface area (Å²) in [5, 5.41) is 9.93. The Bertz CT molecular complexity index is 467. The van der Waals surface area contributed by atoms with E-state index in [2.05, 4.69) is 12.1 Å². The molecule has 2 rings (SSSR count). The summed E-state index contributed by atoms with van der Waals surface area (Å²) >= 11 is 0. The summed E-state index contributed by atoms with van der Waals surface area (Å²) in [5.41, 5.74) is 2.45. The molecule has 0 aliphatic heterocycles. The van der Waals surface area contributed by atoms with Crippen LogP contribution in [0.5, 0.6) is 0 Å². The number of aryl methyl sites for hydroxylation is 1. The van der Waals surface area contributed by atoms with Gasteiger partial charge in [0.1, 0.15) is 0 Å². The molecule has 20 heavy (non-hydrogen) atoms. The summed E-state index contributed by atoms with van der Waals surface area (Å²) in [6, 6.07) is 20.4. The van der Waals surface area contributed by atoms with Crippen LogP contribution in [-0.2, 0) is 17.8 Å². The van der Waals surface area contributed by atoms with Crippen molar-refractivity contribution in [2.24, 2.45) is 0 Å². The third-order valence-corrected chi connectivity index (χ3v) is 3.32. The van der Waals surface area contributed by atoms with Crippen LogP contribution in [0.4, 0.5) is 0 Å². The summed E-state index contributed by atoms with van der Waals surface area (Å²) in [7, 11) is 0. The Morgan fingerprint density at radius 3 is 2.05 bits per heavy atom. The molecule has 1 unspecified atom stereocenters. The lowest BCUT2D eigenvalue weighted by molar-refractivity contribution is 0.0702. The molecular formula is C18H22O2. The smallest absolute Gasteiger partial charge is 0.0716 e. The molecule has 1 N–H and O–H groups in total. The van der Waals surface area contributed by atoms with Crippen LogP contribution in [0.25, 0.3) is 0 Å². The van der Waals surface area contributed by atoms with Crippen LogP contribution in [0.3, 0.4) is 0 Å². The summed E-state index contributed by atoms with van der Waals surface area (Å²) in [5.74, 6) is 0. The van der Waals surface area contributed by atoms with Crippen LogP contribution in [0.15, 0.2) is 60.7 Å². The van der Waals surface area contributed by atoms with E-state index < -0.39 is 0 Å². The van der Waals surface area contributed by atoms with Crippen molar-refractivity contribution in [3.8, 4) is 0 Å². The van der Waals surface area contributed by atoms with E-state index in [1.807, 2.05) is 48.5 Å². The first-order valence-electron chi connectivity index (χ1n) is 7.18. The minimum Gasteiger partial charge on any atom is -0.393 e. The lowest BCUT2D eigenvalue weighted by atomic mass is 10.1. The van der Waals surface area contributed by atoms with Crippen LogP contribution in [0, 0.1) is 0 Å². The van der Waals surface area contributed by atoms with Gasteiger partial charge in [0, 0.05) is 6.61 Å². The van der Waals surface area contributed by atoms with E-state index in [4.69, 9.17) is 4.74 Å². The van der Waals surface area contributed by atoms with Crippen LogP contribution in [-0.4, -0.2) is 17.8 Å². The second-order valence-electron chi connectivity index (χ2n) is 5.00. The third kappa shape index (κ3) is 5.55. The molecule has 0 bridgehead atoms. The van der Waals surface area contributed by atoms with Gasteiger partial charge < -0.3 is 9.84 Å². The highest BCUT2D eigenvalue weighted by Gasteiger charge is 2.04. The van der Waals surface area contributed by atoms with Crippen molar-refractivity contribution in [1.29, 1.82) is 0 Å². The number of ether oxygens (including phenoxy) is 1. The molecule has 0 fully saturated rings. The maximum atomic E-state index is 9.93. The van der Waals surface area contributed by atoms with E-state index in [0.717, 1.165) is 12.8 Å². The van der Waals surface area contributed by atoms with Gasteiger partial charge in [-0.3, -0.25) is 0 Å². The maximum absolute atomic E-state index is 9.93. The predicted molar refractivity (Wildman–Crippen MR) is 81.5 cm³/mol. The number of hydrogen-bond donors (Lipinski definition) is 1. The van der Waals surface area contributed by atoms with E-state index in [1.165, 1.54) is 11.1 Å². The van der Waals surface area contributed by atoms with Crippen molar-refractivity contribution in [3.05, 3.63) is 71.8 Å².